The Kier molecular flexibility index (Phi) is 6.52. The molecule has 3 nitrogen and oxygen atoms in total. The van der Waals surface area contributed by atoms with Gasteiger partial charge in [-0.15, -0.1) is 12.4 Å². The van der Waals surface area contributed by atoms with Gasteiger partial charge in [0.1, 0.15) is 5.82 Å². The van der Waals surface area contributed by atoms with Crippen molar-refractivity contribution in [1.82, 2.24) is 4.90 Å². The average Bonchev–Trinajstić information content (AvgIpc) is 2.34. The lowest BCUT2D eigenvalue weighted by Gasteiger charge is -2.32. The molecule has 0 radical (unpaired) electrons. The molecule has 0 bridgehead atoms. The highest BCUT2D eigenvalue weighted by atomic mass is 79.9. The minimum absolute atomic E-state index is 0. The molecule has 1 saturated heterocycles. The molecule has 1 atom stereocenters. The fraction of sp³-hybridized carbons (Fsp3) is 0.500. The van der Waals surface area contributed by atoms with Crippen molar-refractivity contribution in [3.05, 3.63) is 34.1 Å². The van der Waals surface area contributed by atoms with Gasteiger partial charge in [0.15, 0.2) is 0 Å². The summed E-state index contributed by atoms with van der Waals surface area (Å²) in [5.74, 6) is -0.163. The number of halogens is 3. The van der Waals surface area contributed by atoms with Crippen molar-refractivity contribution in [2.45, 2.75) is 12.6 Å². The quantitative estimate of drug-likeness (QED) is 0.917. The summed E-state index contributed by atoms with van der Waals surface area (Å²) in [7, 11) is 0. The number of ether oxygens (including phenoxy) is 1. The summed E-state index contributed by atoms with van der Waals surface area (Å²) in [5.41, 5.74) is 6.29. The second kappa shape index (κ2) is 7.40. The molecule has 1 heterocycles. The molecule has 0 spiro atoms. The molecular weight excluding hydrogens is 323 g/mol. The molecule has 0 amide bonds. The van der Waals surface area contributed by atoms with E-state index in [1.165, 1.54) is 6.07 Å². The van der Waals surface area contributed by atoms with E-state index in [1.54, 1.807) is 6.07 Å². The molecule has 6 heteroatoms. The topological polar surface area (TPSA) is 38.5 Å². The minimum Gasteiger partial charge on any atom is -0.374 e. The van der Waals surface area contributed by atoms with E-state index in [-0.39, 0.29) is 24.3 Å². The predicted octanol–water partition coefficient (Wildman–Crippen LogP) is 2.17. The van der Waals surface area contributed by atoms with Crippen LogP contribution in [0.3, 0.4) is 0 Å². The van der Waals surface area contributed by atoms with Crippen LogP contribution in [0.25, 0.3) is 0 Å². The first-order valence-electron chi connectivity index (χ1n) is 5.67. The number of hydrogen-bond donors (Lipinski definition) is 1. The Morgan fingerprint density at radius 3 is 3.00 bits per heavy atom. The summed E-state index contributed by atoms with van der Waals surface area (Å²) < 4.78 is 20.0. The highest BCUT2D eigenvalue weighted by molar-refractivity contribution is 9.10. The zero-order valence-corrected chi connectivity index (χ0v) is 12.3. The molecule has 102 valence electrons. The van der Waals surface area contributed by atoms with Crippen molar-refractivity contribution in [2.75, 3.05) is 26.2 Å². The van der Waals surface area contributed by atoms with Crippen LogP contribution in [0.4, 0.5) is 4.39 Å². The number of rotatable bonds is 3. The zero-order chi connectivity index (χ0) is 12.3. The van der Waals surface area contributed by atoms with Crippen LogP contribution >= 0.6 is 28.3 Å². The van der Waals surface area contributed by atoms with Crippen molar-refractivity contribution in [3.8, 4) is 0 Å². The Bertz CT molecular complexity index is 394. The summed E-state index contributed by atoms with van der Waals surface area (Å²) >= 11 is 3.36. The molecular formula is C12H17BrClFN2O. The van der Waals surface area contributed by atoms with E-state index in [0.29, 0.717) is 25.3 Å². The summed E-state index contributed by atoms with van der Waals surface area (Å²) in [6.45, 7) is 3.37. The highest BCUT2D eigenvalue weighted by Crippen LogP contribution is 2.18. The zero-order valence-electron chi connectivity index (χ0n) is 9.94. The van der Waals surface area contributed by atoms with Gasteiger partial charge < -0.3 is 10.5 Å². The number of nitrogens with zero attached hydrogens (tertiary/aromatic N) is 1. The fourth-order valence-electron chi connectivity index (χ4n) is 1.97. The van der Waals surface area contributed by atoms with Gasteiger partial charge in [0.05, 0.1) is 12.7 Å². The van der Waals surface area contributed by atoms with E-state index >= 15 is 0 Å². The van der Waals surface area contributed by atoms with Crippen molar-refractivity contribution in [2.24, 2.45) is 5.73 Å². The Morgan fingerprint density at radius 2 is 2.28 bits per heavy atom. The van der Waals surface area contributed by atoms with E-state index in [1.807, 2.05) is 6.07 Å². The Hall–Kier alpha value is -0.200. The third kappa shape index (κ3) is 4.17. The molecule has 0 aliphatic carbocycles. The highest BCUT2D eigenvalue weighted by Gasteiger charge is 2.20. The van der Waals surface area contributed by atoms with Crippen molar-refractivity contribution in [3.63, 3.8) is 0 Å². The number of benzene rings is 1. The Labute approximate surface area is 121 Å². The van der Waals surface area contributed by atoms with Crippen LogP contribution in [0.1, 0.15) is 5.56 Å². The second-order valence-electron chi connectivity index (χ2n) is 4.20. The molecule has 1 unspecified atom stereocenters. The molecule has 0 saturated carbocycles. The normalized spacial score (nSPS) is 20.5. The van der Waals surface area contributed by atoms with Gasteiger partial charge in [0.25, 0.3) is 0 Å². The van der Waals surface area contributed by atoms with E-state index in [9.17, 15) is 4.39 Å². The maximum Gasteiger partial charge on any atom is 0.127 e. The summed E-state index contributed by atoms with van der Waals surface area (Å²) in [4.78, 5) is 2.17. The van der Waals surface area contributed by atoms with Crippen LogP contribution in [0, 0.1) is 5.82 Å². The second-order valence-corrected chi connectivity index (χ2v) is 5.12. The van der Waals surface area contributed by atoms with Gasteiger partial charge in [0, 0.05) is 36.2 Å². The molecule has 18 heavy (non-hydrogen) atoms. The maximum absolute atomic E-state index is 13.6. The molecule has 0 aromatic heterocycles. The minimum atomic E-state index is -0.163. The third-order valence-corrected chi connectivity index (χ3v) is 3.38. The third-order valence-electron chi connectivity index (χ3n) is 2.89. The van der Waals surface area contributed by atoms with Crippen LogP contribution in [-0.4, -0.2) is 37.2 Å². The van der Waals surface area contributed by atoms with E-state index in [0.717, 1.165) is 17.6 Å². The van der Waals surface area contributed by atoms with Gasteiger partial charge in [-0.3, -0.25) is 4.90 Å². The molecule has 1 aliphatic rings. The first-order valence-corrected chi connectivity index (χ1v) is 6.46. The molecule has 2 N–H and O–H groups in total. The summed E-state index contributed by atoms with van der Waals surface area (Å²) in [6.07, 6.45) is 0.0685. The maximum atomic E-state index is 13.6. The number of nitrogens with two attached hydrogens (primary N) is 1. The Balaban J connectivity index is 0.00000162. The van der Waals surface area contributed by atoms with Gasteiger partial charge in [-0.1, -0.05) is 15.9 Å². The predicted molar refractivity (Wildman–Crippen MR) is 75.4 cm³/mol. The molecule has 1 aromatic rings. The van der Waals surface area contributed by atoms with Crippen molar-refractivity contribution in [1.29, 1.82) is 0 Å². The van der Waals surface area contributed by atoms with Crippen molar-refractivity contribution >= 4 is 28.3 Å². The number of morpholine rings is 1. The monoisotopic (exact) mass is 338 g/mol. The lowest BCUT2D eigenvalue weighted by molar-refractivity contribution is -0.0263. The van der Waals surface area contributed by atoms with Gasteiger partial charge in [-0.25, -0.2) is 4.39 Å². The first kappa shape index (κ1) is 15.9. The van der Waals surface area contributed by atoms with Crippen LogP contribution < -0.4 is 5.73 Å². The van der Waals surface area contributed by atoms with Crippen LogP contribution in [0.2, 0.25) is 0 Å². The van der Waals surface area contributed by atoms with E-state index in [4.69, 9.17) is 10.5 Å². The first-order chi connectivity index (χ1) is 8.19. The lowest BCUT2D eigenvalue weighted by Crippen LogP contribution is -2.45. The molecule has 1 aromatic carbocycles. The molecule has 2 rings (SSSR count). The van der Waals surface area contributed by atoms with Crippen molar-refractivity contribution < 1.29 is 9.13 Å². The summed E-state index contributed by atoms with van der Waals surface area (Å²) in [6, 6.07) is 5.02. The molecule has 1 aliphatic heterocycles. The Morgan fingerprint density at radius 1 is 1.50 bits per heavy atom. The summed E-state index contributed by atoms with van der Waals surface area (Å²) in [5, 5.41) is 0. The van der Waals surface area contributed by atoms with E-state index < -0.39 is 0 Å². The van der Waals surface area contributed by atoms with E-state index in [2.05, 4.69) is 20.8 Å². The number of hydrogen-bond acceptors (Lipinski definition) is 3. The molecule has 1 fully saturated rings. The van der Waals surface area contributed by atoms with Crippen LogP contribution in [0.15, 0.2) is 22.7 Å². The van der Waals surface area contributed by atoms with Crippen LogP contribution in [0.5, 0.6) is 0 Å². The largest absolute Gasteiger partial charge is 0.374 e. The standard InChI is InChI=1S/C12H16BrFN2O.ClH/c13-10-1-2-12(14)9(5-10)7-16-3-4-17-11(6-15)8-16;/h1-2,5,11H,3-4,6-8,15H2;1H. The fourth-order valence-corrected chi connectivity index (χ4v) is 2.38. The van der Waals surface area contributed by atoms with Gasteiger partial charge in [-0.2, -0.15) is 0 Å². The van der Waals surface area contributed by atoms with Gasteiger partial charge in [0.2, 0.25) is 0 Å². The lowest BCUT2D eigenvalue weighted by atomic mass is 10.1. The van der Waals surface area contributed by atoms with Crippen LogP contribution in [-0.2, 0) is 11.3 Å². The smallest absolute Gasteiger partial charge is 0.127 e. The van der Waals surface area contributed by atoms with Gasteiger partial charge in [-0.05, 0) is 18.2 Å². The van der Waals surface area contributed by atoms with Gasteiger partial charge >= 0.3 is 0 Å². The SMILES string of the molecule is Cl.NCC1CN(Cc2cc(Br)ccc2F)CCO1. The average molecular weight is 340 g/mol.